The SMILES string of the molecule is Nc1nc(C(N=O)C(=O)NC2C(=O)N(S(=O)(=O)O)C2CCl)cs1. The van der Waals surface area contributed by atoms with Crippen molar-refractivity contribution in [2.45, 2.75) is 18.1 Å². The maximum atomic E-state index is 12.0. The van der Waals surface area contributed by atoms with Gasteiger partial charge in [0.1, 0.15) is 6.04 Å². The number of nitrogens with one attached hydrogen (secondary N) is 1. The van der Waals surface area contributed by atoms with Crippen molar-refractivity contribution in [2.24, 2.45) is 5.18 Å². The van der Waals surface area contributed by atoms with E-state index in [1.54, 1.807) is 0 Å². The van der Waals surface area contributed by atoms with Gasteiger partial charge in [0.15, 0.2) is 5.13 Å². The van der Waals surface area contributed by atoms with Crippen LogP contribution in [0.15, 0.2) is 10.6 Å². The van der Waals surface area contributed by atoms with Crippen molar-refractivity contribution in [1.29, 1.82) is 0 Å². The lowest BCUT2D eigenvalue weighted by Gasteiger charge is -2.43. The second-order valence-electron chi connectivity index (χ2n) is 4.44. The quantitative estimate of drug-likeness (QED) is 0.249. The number of amides is 2. The van der Waals surface area contributed by atoms with Gasteiger partial charge in [0, 0.05) is 11.3 Å². The fraction of sp³-hybridized carbons (Fsp3) is 0.444. The molecule has 3 atom stereocenters. The lowest BCUT2D eigenvalue weighted by molar-refractivity contribution is -0.145. The standard InChI is InChI=1S/C9H10ClN5O6S2/c10-1-4-6(8(17)15(4)23(19,20)21)13-7(16)5(14-18)3-2-22-9(11)12-3/h2,4-6H,1H2,(H2,11,12)(H,13,16)(H,19,20,21). The number of hydrogen-bond acceptors (Lipinski definition) is 9. The molecule has 0 radical (unpaired) electrons. The number of alkyl halides is 1. The zero-order chi connectivity index (χ0) is 17.4. The first-order chi connectivity index (χ1) is 10.7. The van der Waals surface area contributed by atoms with Crippen LogP contribution >= 0.6 is 22.9 Å². The van der Waals surface area contributed by atoms with E-state index in [4.69, 9.17) is 21.9 Å². The first-order valence-corrected chi connectivity index (χ1v) is 8.72. The van der Waals surface area contributed by atoms with Gasteiger partial charge in [0.25, 0.3) is 11.8 Å². The van der Waals surface area contributed by atoms with Crippen LogP contribution in [-0.2, 0) is 19.9 Å². The molecule has 1 aromatic heterocycles. The smallest absolute Gasteiger partial charge is 0.362 e. The summed E-state index contributed by atoms with van der Waals surface area (Å²) in [5.41, 5.74) is 5.40. The van der Waals surface area contributed by atoms with Crippen molar-refractivity contribution < 1.29 is 22.6 Å². The van der Waals surface area contributed by atoms with Gasteiger partial charge in [0.05, 0.1) is 11.7 Å². The molecule has 0 saturated carbocycles. The average molecular weight is 384 g/mol. The first kappa shape index (κ1) is 17.5. The number of β-lactam (4-membered cyclic amide) rings is 1. The van der Waals surface area contributed by atoms with Crippen LogP contribution in [0.25, 0.3) is 0 Å². The Bertz CT molecular complexity index is 751. The van der Waals surface area contributed by atoms with Crippen molar-refractivity contribution in [3.05, 3.63) is 16.0 Å². The molecule has 2 amide bonds. The van der Waals surface area contributed by atoms with E-state index in [2.05, 4.69) is 15.5 Å². The molecule has 126 valence electrons. The van der Waals surface area contributed by atoms with E-state index >= 15 is 0 Å². The summed E-state index contributed by atoms with van der Waals surface area (Å²) >= 11 is 6.54. The molecule has 2 rings (SSSR count). The van der Waals surface area contributed by atoms with E-state index in [0.29, 0.717) is 0 Å². The topological polar surface area (TPSA) is 172 Å². The predicted molar refractivity (Wildman–Crippen MR) is 79.9 cm³/mol. The molecule has 4 N–H and O–H groups in total. The van der Waals surface area contributed by atoms with Crippen molar-refractivity contribution in [3.63, 3.8) is 0 Å². The molecule has 2 heterocycles. The maximum absolute atomic E-state index is 12.0. The summed E-state index contributed by atoms with van der Waals surface area (Å²) < 4.78 is 31.1. The largest absolute Gasteiger partial charge is 0.375 e. The van der Waals surface area contributed by atoms with Crippen LogP contribution in [0, 0.1) is 4.91 Å². The van der Waals surface area contributed by atoms with Gasteiger partial charge in [-0.1, -0.05) is 0 Å². The third kappa shape index (κ3) is 3.26. The normalized spacial score (nSPS) is 22.3. The Morgan fingerprint density at radius 2 is 2.30 bits per heavy atom. The zero-order valence-electron chi connectivity index (χ0n) is 11.1. The van der Waals surface area contributed by atoms with Gasteiger partial charge in [-0.3, -0.25) is 14.1 Å². The van der Waals surface area contributed by atoms with Gasteiger partial charge in [-0.2, -0.15) is 8.42 Å². The van der Waals surface area contributed by atoms with Crippen LogP contribution < -0.4 is 11.1 Å². The second kappa shape index (κ2) is 6.35. The highest BCUT2D eigenvalue weighted by Gasteiger charge is 2.54. The third-order valence-electron chi connectivity index (χ3n) is 3.05. The number of nitrogen functional groups attached to an aromatic ring is 1. The van der Waals surface area contributed by atoms with Crippen LogP contribution in [0.5, 0.6) is 0 Å². The number of carbonyl (C=O) groups excluding carboxylic acids is 2. The Morgan fingerprint density at radius 3 is 2.74 bits per heavy atom. The van der Waals surface area contributed by atoms with Gasteiger partial charge in [-0.25, -0.2) is 9.29 Å². The predicted octanol–water partition coefficient (Wildman–Crippen LogP) is -0.730. The van der Waals surface area contributed by atoms with Gasteiger partial charge < -0.3 is 11.1 Å². The lowest BCUT2D eigenvalue weighted by atomic mass is 10.00. The van der Waals surface area contributed by atoms with E-state index in [1.165, 1.54) is 5.38 Å². The Hall–Kier alpha value is -1.83. The Labute approximate surface area is 138 Å². The second-order valence-corrected chi connectivity index (χ2v) is 6.93. The number of halogens is 1. The van der Waals surface area contributed by atoms with Gasteiger partial charge in [-0.05, 0) is 5.18 Å². The summed E-state index contributed by atoms with van der Waals surface area (Å²) in [5.74, 6) is -2.40. The molecule has 0 bridgehead atoms. The lowest BCUT2D eigenvalue weighted by Crippen LogP contribution is -2.72. The first-order valence-electron chi connectivity index (χ1n) is 5.91. The molecule has 11 nitrogen and oxygen atoms in total. The fourth-order valence-electron chi connectivity index (χ4n) is 2.01. The molecule has 1 aliphatic rings. The minimum atomic E-state index is -4.78. The summed E-state index contributed by atoms with van der Waals surface area (Å²) in [6.07, 6.45) is 0. The molecule has 1 aromatic rings. The summed E-state index contributed by atoms with van der Waals surface area (Å²) in [7, 11) is -4.78. The minimum absolute atomic E-state index is 0.000770. The van der Waals surface area contributed by atoms with E-state index < -0.39 is 40.2 Å². The molecule has 1 aliphatic heterocycles. The van der Waals surface area contributed by atoms with Crippen LogP contribution in [0.1, 0.15) is 11.7 Å². The Kier molecular flexibility index (Phi) is 4.84. The number of carbonyl (C=O) groups is 2. The number of thiazole rings is 1. The van der Waals surface area contributed by atoms with Crippen LogP contribution in [0.4, 0.5) is 5.13 Å². The molecule has 14 heteroatoms. The van der Waals surface area contributed by atoms with E-state index in [0.717, 1.165) is 11.3 Å². The number of aromatic nitrogens is 1. The molecule has 1 fully saturated rings. The number of nitrogens with two attached hydrogens (primary N) is 1. The van der Waals surface area contributed by atoms with Gasteiger partial charge >= 0.3 is 10.3 Å². The number of nitroso groups, excluding NO2 is 1. The summed E-state index contributed by atoms with van der Waals surface area (Å²) in [6, 6.07) is -4.02. The van der Waals surface area contributed by atoms with E-state index in [1.807, 2.05) is 0 Å². The average Bonchev–Trinajstić information content (AvgIpc) is 2.87. The highest BCUT2D eigenvalue weighted by molar-refractivity contribution is 7.84. The van der Waals surface area contributed by atoms with E-state index in [9.17, 15) is 22.9 Å². The number of nitrogens with zero attached hydrogens (tertiary/aromatic N) is 3. The van der Waals surface area contributed by atoms with Crippen LogP contribution in [0.3, 0.4) is 0 Å². The number of rotatable bonds is 6. The van der Waals surface area contributed by atoms with Crippen LogP contribution in [-0.4, -0.2) is 52.0 Å². The highest BCUT2D eigenvalue weighted by atomic mass is 35.5. The van der Waals surface area contributed by atoms with Crippen molar-refractivity contribution in [2.75, 3.05) is 11.6 Å². The minimum Gasteiger partial charge on any atom is -0.375 e. The summed E-state index contributed by atoms with van der Waals surface area (Å²) in [4.78, 5) is 38.4. The summed E-state index contributed by atoms with van der Waals surface area (Å²) in [6.45, 7) is 0. The van der Waals surface area contributed by atoms with Gasteiger partial charge in [-0.15, -0.1) is 27.8 Å². The molecule has 1 saturated heterocycles. The molecular weight excluding hydrogens is 374 g/mol. The molecule has 0 aromatic carbocycles. The molecular formula is C9H10ClN5O6S2. The summed E-state index contributed by atoms with van der Waals surface area (Å²) in [5, 5.41) is 6.27. The Balaban J connectivity index is 2.14. The molecule has 23 heavy (non-hydrogen) atoms. The fourth-order valence-corrected chi connectivity index (χ4v) is 3.87. The zero-order valence-corrected chi connectivity index (χ0v) is 13.5. The van der Waals surface area contributed by atoms with Crippen LogP contribution in [0.2, 0.25) is 0 Å². The monoisotopic (exact) mass is 383 g/mol. The third-order valence-corrected chi connectivity index (χ3v) is 5.00. The number of anilines is 1. The highest BCUT2D eigenvalue weighted by Crippen LogP contribution is 2.26. The maximum Gasteiger partial charge on any atom is 0.362 e. The van der Waals surface area contributed by atoms with Crippen molar-refractivity contribution >= 4 is 50.2 Å². The Morgan fingerprint density at radius 1 is 1.65 bits per heavy atom. The van der Waals surface area contributed by atoms with Crippen molar-refractivity contribution in [1.82, 2.24) is 14.6 Å². The molecule has 3 unspecified atom stereocenters. The molecule has 0 spiro atoms. The number of hydrogen-bond donors (Lipinski definition) is 3. The van der Waals surface area contributed by atoms with E-state index in [-0.39, 0.29) is 21.0 Å². The molecule has 0 aliphatic carbocycles. The van der Waals surface area contributed by atoms with Gasteiger partial charge in [0.2, 0.25) is 6.04 Å². The van der Waals surface area contributed by atoms with Crippen molar-refractivity contribution in [3.8, 4) is 0 Å².